The molecule has 2 rings (SSSR count). The molecule has 1 aromatic carbocycles. The van der Waals surface area contributed by atoms with Crippen molar-refractivity contribution in [2.75, 3.05) is 6.54 Å². The molecule has 0 bridgehead atoms. The lowest BCUT2D eigenvalue weighted by molar-refractivity contribution is 0.629. The van der Waals surface area contributed by atoms with Crippen LogP contribution in [0.4, 0.5) is 4.39 Å². The Balaban J connectivity index is 2.74. The predicted molar refractivity (Wildman–Crippen MR) is 63.5 cm³/mol. The van der Waals surface area contributed by atoms with Gasteiger partial charge in [-0.1, -0.05) is 0 Å². The smallest absolute Gasteiger partial charge is 0.125 e. The van der Waals surface area contributed by atoms with Gasteiger partial charge in [0.15, 0.2) is 0 Å². The van der Waals surface area contributed by atoms with Crippen LogP contribution in [0.2, 0.25) is 0 Å². The molecule has 0 amide bonds. The number of H-pyrrole nitrogens is 1. The van der Waals surface area contributed by atoms with E-state index in [9.17, 15) is 4.39 Å². The van der Waals surface area contributed by atoms with E-state index >= 15 is 0 Å². The molecule has 1 aromatic heterocycles. The predicted octanol–water partition coefficient (Wildman–Crippen LogP) is 2.88. The fourth-order valence-electron chi connectivity index (χ4n) is 1.87. The van der Waals surface area contributed by atoms with Crippen LogP contribution in [-0.2, 0) is 6.42 Å². The molecule has 0 radical (unpaired) electrons. The van der Waals surface area contributed by atoms with Gasteiger partial charge in [-0.15, -0.1) is 0 Å². The van der Waals surface area contributed by atoms with Crippen molar-refractivity contribution in [3.05, 3.63) is 33.7 Å². The first-order valence-electron chi connectivity index (χ1n) is 4.79. The van der Waals surface area contributed by atoms with Gasteiger partial charge in [0.05, 0.1) is 5.52 Å². The van der Waals surface area contributed by atoms with Gasteiger partial charge >= 0.3 is 0 Å². The van der Waals surface area contributed by atoms with E-state index in [-0.39, 0.29) is 5.82 Å². The molecule has 4 heteroatoms. The minimum atomic E-state index is -0.230. The van der Waals surface area contributed by atoms with E-state index in [1.165, 1.54) is 6.07 Å². The molecule has 0 saturated carbocycles. The maximum Gasteiger partial charge on any atom is 0.125 e. The molecule has 15 heavy (non-hydrogen) atoms. The van der Waals surface area contributed by atoms with Crippen molar-refractivity contribution in [3.8, 4) is 0 Å². The first-order valence-corrected chi connectivity index (χ1v) is 5.59. The second-order valence-electron chi connectivity index (χ2n) is 3.58. The zero-order valence-electron chi connectivity index (χ0n) is 8.40. The van der Waals surface area contributed by atoms with Gasteiger partial charge in [-0.05, 0) is 53.5 Å². The number of hydrogen-bond donors (Lipinski definition) is 2. The highest BCUT2D eigenvalue weighted by molar-refractivity contribution is 9.10. The van der Waals surface area contributed by atoms with Crippen LogP contribution in [-0.4, -0.2) is 11.5 Å². The highest BCUT2D eigenvalue weighted by Gasteiger charge is 2.11. The largest absolute Gasteiger partial charge is 0.357 e. The second kappa shape index (κ2) is 3.94. The molecule has 0 saturated heterocycles. The number of rotatable bonds is 2. The molecular weight excluding hydrogens is 259 g/mol. The van der Waals surface area contributed by atoms with Crippen LogP contribution >= 0.6 is 15.9 Å². The molecule has 3 N–H and O–H groups in total. The summed E-state index contributed by atoms with van der Waals surface area (Å²) in [5.41, 5.74) is 8.64. The first kappa shape index (κ1) is 10.6. The maximum absolute atomic E-state index is 13.3. The summed E-state index contributed by atoms with van der Waals surface area (Å²) in [6.45, 7) is 2.55. The minimum absolute atomic E-state index is 0.230. The van der Waals surface area contributed by atoms with Crippen molar-refractivity contribution >= 4 is 26.8 Å². The topological polar surface area (TPSA) is 41.8 Å². The molecule has 1 heterocycles. The average Bonchev–Trinajstić information content (AvgIpc) is 2.46. The van der Waals surface area contributed by atoms with Gasteiger partial charge in [0.25, 0.3) is 0 Å². The molecule has 0 atom stereocenters. The molecule has 0 aliphatic carbocycles. The molecule has 80 valence electrons. The molecule has 0 aliphatic rings. The molecule has 2 nitrogen and oxygen atoms in total. The van der Waals surface area contributed by atoms with E-state index < -0.39 is 0 Å². The van der Waals surface area contributed by atoms with Gasteiger partial charge < -0.3 is 10.7 Å². The first-order chi connectivity index (χ1) is 7.13. The van der Waals surface area contributed by atoms with Crippen LogP contribution in [0.15, 0.2) is 16.6 Å². The van der Waals surface area contributed by atoms with E-state index in [1.54, 1.807) is 6.07 Å². The number of hydrogen-bond acceptors (Lipinski definition) is 1. The third kappa shape index (κ3) is 1.79. The number of fused-ring (bicyclic) bond motifs is 1. The van der Waals surface area contributed by atoms with E-state index in [0.29, 0.717) is 6.54 Å². The maximum atomic E-state index is 13.3. The summed E-state index contributed by atoms with van der Waals surface area (Å²) in [4.78, 5) is 3.24. The van der Waals surface area contributed by atoms with Crippen LogP contribution in [0.5, 0.6) is 0 Å². The lowest BCUT2D eigenvalue weighted by Crippen LogP contribution is -2.03. The third-order valence-electron chi connectivity index (χ3n) is 2.54. The van der Waals surface area contributed by atoms with Crippen LogP contribution < -0.4 is 5.73 Å². The van der Waals surface area contributed by atoms with Crippen molar-refractivity contribution in [2.24, 2.45) is 5.73 Å². The summed E-state index contributed by atoms with van der Waals surface area (Å²) in [6.07, 6.45) is 0.766. The van der Waals surface area contributed by atoms with Gasteiger partial charge in [0.1, 0.15) is 5.82 Å². The second-order valence-corrected chi connectivity index (χ2v) is 4.43. The van der Waals surface area contributed by atoms with Gasteiger partial charge in [0.2, 0.25) is 0 Å². The van der Waals surface area contributed by atoms with Crippen LogP contribution in [0.3, 0.4) is 0 Å². The lowest BCUT2D eigenvalue weighted by Gasteiger charge is -1.99. The van der Waals surface area contributed by atoms with Crippen LogP contribution in [0, 0.1) is 12.7 Å². The zero-order valence-corrected chi connectivity index (χ0v) is 9.99. The van der Waals surface area contributed by atoms with E-state index in [4.69, 9.17) is 5.73 Å². The Hall–Kier alpha value is -0.870. The summed E-state index contributed by atoms with van der Waals surface area (Å²) in [6, 6.07) is 3.01. The van der Waals surface area contributed by atoms with Gasteiger partial charge in [-0.25, -0.2) is 4.39 Å². The van der Waals surface area contributed by atoms with Crippen molar-refractivity contribution in [2.45, 2.75) is 13.3 Å². The number of nitrogens with one attached hydrogen (secondary N) is 1. The summed E-state index contributed by atoms with van der Waals surface area (Å²) in [5.74, 6) is -0.230. The van der Waals surface area contributed by atoms with Crippen molar-refractivity contribution < 1.29 is 4.39 Å². The Morgan fingerprint density at radius 2 is 2.20 bits per heavy atom. The van der Waals surface area contributed by atoms with Crippen molar-refractivity contribution in [3.63, 3.8) is 0 Å². The van der Waals surface area contributed by atoms with E-state index in [1.807, 2.05) is 6.92 Å². The molecular formula is C11H12BrFN2. The fraction of sp³-hybridized carbons (Fsp3) is 0.273. The van der Waals surface area contributed by atoms with E-state index in [2.05, 4.69) is 20.9 Å². The Labute approximate surface area is 95.8 Å². The number of aryl methyl sites for hydroxylation is 1. The zero-order chi connectivity index (χ0) is 11.0. The Morgan fingerprint density at radius 1 is 1.47 bits per heavy atom. The fourth-order valence-corrected chi connectivity index (χ4v) is 2.40. The minimum Gasteiger partial charge on any atom is -0.357 e. The highest BCUT2D eigenvalue weighted by Crippen LogP contribution is 2.29. The Kier molecular flexibility index (Phi) is 2.80. The van der Waals surface area contributed by atoms with Gasteiger partial charge in [0, 0.05) is 15.6 Å². The molecule has 0 fully saturated rings. The summed E-state index contributed by atoms with van der Waals surface area (Å²) in [5, 5.41) is 0.921. The standard InChI is InChI=1S/C11H12BrFN2/c1-6-8(2-3-14)9-4-7(13)5-10(12)11(9)15-6/h4-5,15H,2-3,14H2,1H3. The summed E-state index contributed by atoms with van der Waals surface area (Å²) >= 11 is 3.34. The van der Waals surface area contributed by atoms with Crippen molar-refractivity contribution in [1.29, 1.82) is 0 Å². The van der Waals surface area contributed by atoms with Crippen LogP contribution in [0.1, 0.15) is 11.3 Å². The van der Waals surface area contributed by atoms with Crippen LogP contribution in [0.25, 0.3) is 10.9 Å². The third-order valence-corrected chi connectivity index (χ3v) is 3.17. The lowest BCUT2D eigenvalue weighted by atomic mass is 10.1. The van der Waals surface area contributed by atoms with Gasteiger partial charge in [-0.3, -0.25) is 0 Å². The molecule has 0 spiro atoms. The normalized spacial score (nSPS) is 11.2. The quantitative estimate of drug-likeness (QED) is 0.866. The number of nitrogens with two attached hydrogens (primary N) is 1. The SMILES string of the molecule is Cc1[nH]c2c(Br)cc(F)cc2c1CCN. The molecule has 0 unspecified atom stereocenters. The number of aromatic amines is 1. The summed E-state index contributed by atoms with van der Waals surface area (Å²) < 4.78 is 14.0. The Bertz CT molecular complexity index is 505. The number of benzene rings is 1. The number of halogens is 2. The Morgan fingerprint density at radius 3 is 2.87 bits per heavy atom. The van der Waals surface area contributed by atoms with E-state index in [0.717, 1.165) is 33.1 Å². The average molecular weight is 271 g/mol. The van der Waals surface area contributed by atoms with Gasteiger partial charge in [-0.2, -0.15) is 0 Å². The van der Waals surface area contributed by atoms with Crippen molar-refractivity contribution in [1.82, 2.24) is 4.98 Å². The number of aromatic nitrogens is 1. The molecule has 2 aromatic rings. The monoisotopic (exact) mass is 270 g/mol. The molecule has 0 aliphatic heterocycles. The highest BCUT2D eigenvalue weighted by atomic mass is 79.9. The summed E-state index contributed by atoms with van der Waals surface area (Å²) in [7, 11) is 0.